The van der Waals surface area contributed by atoms with Crippen molar-refractivity contribution in [3.05, 3.63) is 105 Å². The van der Waals surface area contributed by atoms with E-state index in [1.807, 2.05) is 98.1 Å². The fourth-order valence-corrected chi connectivity index (χ4v) is 5.55. The predicted octanol–water partition coefficient (Wildman–Crippen LogP) is 7.89. The third-order valence-electron chi connectivity index (χ3n) is 5.49. The van der Waals surface area contributed by atoms with Gasteiger partial charge in [-0.05, 0) is 79.2 Å². The molecule has 1 saturated heterocycles. The molecular formula is C29H24ClN3O3S2. The van der Waals surface area contributed by atoms with Gasteiger partial charge in [0.25, 0.3) is 5.91 Å². The molecule has 1 fully saturated rings. The third kappa shape index (κ3) is 6.10. The van der Waals surface area contributed by atoms with E-state index in [9.17, 15) is 4.79 Å². The highest BCUT2D eigenvalue weighted by Gasteiger charge is 2.35. The number of benzene rings is 3. The van der Waals surface area contributed by atoms with Crippen molar-refractivity contribution < 1.29 is 14.3 Å². The number of rotatable bonds is 8. The summed E-state index contributed by atoms with van der Waals surface area (Å²) in [4.78, 5) is 24.9. The molecule has 1 amide bonds. The lowest BCUT2D eigenvalue weighted by atomic mass is 10.1. The van der Waals surface area contributed by atoms with Gasteiger partial charge in [-0.3, -0.25) is 9.69 Å². The molecule has 0 unspecified atom stereocenters. The third-order valence-corrected chi connectivity index (χ3v) is 7.57. The zero-order valence-electron chi connectivity index (χ0n) is 20.8. The molecule has 1 aliphatic heterocycles. The molecule has 9 heteroatoms. The van der Waals surface area contributed by atoms with Crippen LogP contribution in [0.4, 0.5) is 10.8 Å². The number of para-hydroxylation sites is 1. The quantitative estimate of drug-likeness (QED) is 0.205. The largest absolute Gasteiger partial charge is 0.490 e. The first kappa shape index (κ1) is 26.0. The van der Waals surface area contributed by atoms with E-state index in [0.717, 1.165) is 22.5 Å². The van der Waals surface area contributed by atoms with Gasteiger partial charge in [-0.25, -0.2) is 4.98 Å². The number of thiazole rings is 1. The predicted molar refractivity (Wildman–Crippen MR) is 157 cm³/mol. The molecular weight excluding hydrogens is 538 g/mol. The van der Waals surface area contributed by atoms with Gasteiger partial charge < -0.3 is 9.47 Å². The molecule has 3 aromatic carbocycles. The van der Waals surface area contributed by atoms with E-state index < -0.39 is 0 Å². The van der Waals surface area contributed by atoms with Crippen LogP contribution in [0.1, 0.15) is 23.7 Å². The fraction of sp³-hybridized carbons (Fsp3) is 0.138. The zero-order valence-corrected chi connectivity index (χ0v) is 23.1. The maximum Gasteiger partial charge on any atom is 0.271 e. The minimum absolute atomic E-state index is 0.144. The number of thioether (sulfide) groups is 1. The van der Waals surface area contributed by atoms with Gasteiger partial charge >= 0.3 is 0 Å². The highest BCUT2D eigenvalue weighted by Crippen LogP contribution is 2.38. The molecule has 1 aromatic heterocycles. The summed E-state index contributed by atoms with van der Waals surface area (Å²) >= 11 is 8.75. The summed E-state index contributed by atoms with van der Waals surface area (Å²) in [6.07, 6.45) is 1.85. The Morgan fingerprint density at radius 1 is 1.03 bits per heavy atom. The molecule has 0 saturated carbocycles. The number of amides is 1. The number of aryl methyl sites for hydroxylation is 1. The van der Waals surface area contributed by atoms with Crippen LogP contribution in [-0.4, -0.2) is 22.7 Å². The van der Waals surface area contributed by atoms with Gasteiger partial charge in [-0.15, -0.1) is 11.3 Å². The fourth-order valence-electron chi connectivity index (χ4n) is 3.72. The number of hydrogen-bond donors (Lipinski definition) is 0. The van der Waals surface area contributed by atoms with E-state index in [2.05, 4.69) is 4.98 Å². The highest BCUT2D eigenvalue weighted by atomic mass is 35.5. The van der Waals surface area contributed by atoms with Crippen molar-refractivity contribution in [1.82, 2.24) is 4.98 Å². The normalized spacial score (nSPS) is 15.4. The molecule has 0 radical (unpaired) electrons. The number of anilines is 1. The Balaban J connectivity index is 1.43. The first-order chi connectivity index (χ1) is 18.5. The second kappa shape index (κ2) is 11.9. The molecule has 1 aliphatic rings. The van der Waals surface area contributed by atoms with Crippen LogP contribution in [-0.2, 0) is 11.4 Å². The molecule has 0 aliphatic carbocycles. The number of aromatic nitrogens is 1. The minimum Gasteiger partial charge on any atom is -0.490 e. The molecule has 38 heavy (non-hydrogen) atoms. The molecule has 0 bridgehead atoms. The van der Waals surface area contributed by atoms with Gasteiger partial charge in [0.15, 0.2) is 16.7 Å². The number of ether oxygens (including phenoxy) is 2. The average molecular weight is 562 g/mol. The van der Waals surface area contributed by atoms with Crippen molar-refractivity contribution in [3.8, 4) is 11.5 Å². The van der Waals surface area contributed by atoms with E-state index in [1.54, 1.807) is 4.90 Å². The van der Waals surface area contributed by atoms with Crippen LogP contribution in [0.15, 0.2) is 88.1 Å². The number of carbonyl (C=O) groups excluding carboxylic acids is 1. The second-order valence-corrected chi connectivity index (χ2v) is 10.6. The molecule has 192 valence electrons. The van der Waals surface area contributed by atoms with Crippen LogP contribution < -0.4 is 14.4 Å². The molecule has 0 N–H and O–H groups in total. The zero-order chi connectivity index (χ0) is 26.5. The number of halogens is 1. The Labute approximate surface area is 234 Å². The lowest BCUT2D eigenvalue weighted by Crippen LogP contribution is -2.28. The molecule has 6 nitrogen and oxygen atoms in total. The van der Waals surface area contributed by atoms with E-state index in [-0.39, 0.29) is 5.91 Å². The Bertz CT molecular complexity index is 1500. The monoisotopic (exact) mass is 561 g/mol. The number of hydrogen-bond acceptors (Lipinski definition) is 7. The topological polar surface area (TPSA) is 64.0 Å². The smallest absolute Gasteiger partial charge is 0.271 e. The molecule has 5 rings (SSSR count). The van der Waals surface area contributed by atoms with E-state index in [0.29, 0.717) is 44.9 Å². The summed E-state index contributed by atoms with van der Waals surface area (Å²) in [6, 6.07) is 22.7. The van der Waals surface area contributed by atoms with E-state index in [4.69, 9.17) is 26.1 Å². The maximum atomic E-state index is 13.6. The molecule has 0 spiro atoms. The van der Waals surface area contributed by atoms with Gasteiger partial charge in [0.05, 0.1) is 22.9 Å². The SMILES string of the molecule is CCOc1cc(/C=C2\S/C(=N/c3nc(C)cs3)N(c3ccccc3)C2=O)ccc1OCc1ccc(Cl)cc1. The Hall–Kier alpha value is -3.59. The first-order valence-electron chi connectivity index (χ1n) is 11.9. The summed E-state index contributed by atoms with van der Waals surface area (Å²) < 4.78 is 11.9. The Morgan fingerprint density at radius 3 is 2.53 bits per heavy atom. The molecule has 0 atom stereocenters. The molecule has 4 aromatic rings. The van der Waals surface area contributed by atoms with Crippen LogP contribution in [0.2, 0.25) is 5.02 Å². The minimum atomic E-state index is -0.144. The van der Waals surface area contributed by atoms with Gasteiger partial charge in [0, 0.05) is 10.4 Å². The number of carbonyl (C=O) groups is 1. The van der Waals surface area contributed by atoms with Crippen molar-refractivity contribution in [1.29, 1.82) is 0 Å². The standard InChI is InChI=1S/C29H24ClN3O3S2/c1-3-35-25-15-21(11-14-24(25)36-17-20-9-12-22(30)13-10-20)16-26-27(34)33(23-7-5-4-6-8-23)29(38-26)32-28-31-19(2)18-37-28/h4-16,18H,3,17H2,1-2H3/b26-16-,32-29+. The summed E-state index contributed by atoms with van der Waals surface area (Å²) in [7, 11) is 0. The summed E-state index contributed by atoms with van der Waals surface area (Å²) in [6.45, 7) is 4.71. The van der Waals surface area contributed by atoms with E-state index in [1.165, 1.54) is 23.1 Å². The lowest BCUT2D eigenvalue weighted by molar-refractivity contribution is -0.113. The lowest BCUT2D eigenvalue weighted by Gasteiger charge is -2.15. The number of amidine groups is 1. The van der Waals surface area contributed by atoms with Gasteiger partial charge in [-0.1, -0.05) is 48.0 Å². The van der Waals surface area contributed by atoms with Gasteiger partial charge in [0.1, 0.15) is 6.61 Å². The Morgan fingerprint density at radius 2 is 1.82 bits per heavy atom. The summed E-state index contributed by atoms with van der Waals surface area (Å²) in [5.74, 6) is 1.09. The van der Waals surface area contributed by atoms with Crippen LogP contribution in [0.5, 0.6) is 11.5 Å². The van der Waals surface area contributed by atoms with Crippen molar-refractivity contribution in [2.45, 2.75) is 20.5 Å². The van der Waals surface area contributed by atoms with Crippen molar-refractivity contribution in [2.24, 2.45) is 4.99 Å². The number of nitrogens with zero attached hydrogens (tertiary/aromatic N) is 3. The highest BCUT2D eigenvalue weighted by molar-refractivity contribution is 8.19. The number of aliphatic imine (C=N–C) groups is 1. The molecule has 2 heterocycles. The second-order valence-electron chi connectivity index (χ2n) is 8.31. The van der Waals surface area contributed by atoms with Crippen LogP contribution in [0.3, 0.4) is 0 Å². The summed E-state index contributed by atoms with van der Waals surface area (Å²) in [5.41, 5.74) is 3.47. The summed E-state index contributed by atoms with van der Waals surface area (Å²) in [5, 5.41) is 3.80. The Kier molecular flexibility index (Phi) is 8.12. The average Bonchev–Trinajstić information content (AvgIpc) is 3.47. The van der Waals surface area contributed by atoms with Gasteiger partial charge in [-0.2, -0.15) is 4.99 Å². The van der Waals surface area contributed by atoms with Crippen LogP contribution in [0.25, 0.3) is 6.08 Å². The van der Waals surface area contributed by atoms with E-state index >= 15 is 0 Å². The van der Waals surface area contributed by atoms with Crippen LogP contribution >= 0.6 is 34.7 Å². The van der Waals surface area contributed by atoms with Crippen molar-refractivity contribution >= 4 is 62.7 Å². The first-order valence-corrected chi connectivity index (χ1v) is 14.0. The van der Waals surface area contributed by atoms with Crippen molar-refractivity contribution in [2.75, 3.05) is 11.5 Å². The van der Waals surface area contributed by atoms with Crippen molar-refractivity contribution in [3.63, 3.8) is 0 Å². The van der Waals surface area contributed by atoms with Gasteiger partial charge in [0.2, 0.25) is 5.13 Å². The maximum absolute atomic E-state index is 13.6. The van der Waals surface area contributed by atoms with Crippen LogP contribution in [0, 0.1) is 6.92 Å².